The van der Waals surface area contributed by atoms with Crippen LogP contribution in [0.2, 0.25) is 0 Å². The predicted octanol–water partition coefficient (Wildman–Crippen LogP) is 3.11. The molecule has 0 aliphatic rings. The molecule has 2 rings (SSSR count). The molecule has 0 aliphatic heterocycles. The number of methoxy groups -OCH3 is 1. The minimum absolute atomic E-state index is 0.0497. The summed E-state index contributed by atoms with van der Waals surface area (Å²) in [4.78, 5) is 21.9. The zero-order valence-electron chi connectivity index (χ0n) is 13.5. The number of aromatic hydroxyl groups is 1. The van der Waals surface area contributed by atoms with E-state index in [2.05, 4.69) is 0 Å². The molecule has 0 saturated carbocycles. The third kappa shape index (κ3) is 5.07. The molecule has 2 aromatic rings. The van der Waals surface area contributed by atoms with Gasteiger partial charge in [-0.1, -0.05) is 30.3 Å². The number of nitrogens with zero attached hydrogens (tertiary/aromatic N) is 1. The number of nitro groups is 1. The second kappa shape index (κ2) is 8.49. The number of nitro benzene ring substituents is 1. The number of phenolic OH excluding ortho intramolecular Hbond substituents is 1. The van der Waals surface area contributed by atoms with Gasteiger partial charge in [0.05, 0.1) is 18.6 Å². The Morgan fingerprint density at radius 1 is 1.28 bits per heavy atom. The van der Waals surface area contributed by atoms with Gasteiger partial charge in [0, 0.05) is 18.6 Å². The van der Waals surface area contributed by atoms with Crippen molar-refractivity contribution in [1.29, 1.82) is 0 Å². The molecule has 0 spiro atoms. The number of hydrogen-bond acceptors (Lipinski definition) is 6. The number of rotatable bonds is 7. The summed E-state index contributed by atoms with van der Waals surface area (Å²) in [6.07, 6.45) is 3.12. The summed E-state index contributed by atoms with van der Waals surface area (Å²) < 4.78 is 9.98. The van der Waals surface area contributed by atoms with Crippen LogP contribution in [0.3, 0.4) is 0 Å². The largest absolute Gasteiger partial charge is 0.500 e. The number of carbonyl (C=O) groups excluding carboxylic acids is 1. The molecule has 0 saturated heterocycles. The quantitative estimate of drug-likeness (QED) is 0.359. The monoisotopic (exact) mass is 343 g/mol. The van der Waals surface area contributed by atoms with Crippen LogP contribution in [-0.2, 0) is 16.0 Å². The molecule has 130 valence electrons. The maximum atomic E-state index is 11.7. The van der Waals surface area contributed by atoms with Crippen LogP contribution in [0.1, 0.15) is 11.1 Å². The number of ether oxygens (including phenoxy) is 2. The van der Waals surface area contributed by atoms with Crippen LogP contribution in [0.5, 0.6) is 11.5 Å². The number of phenols is 1. The first-order valence-electron chi connectivity index (χ1n) is 7.45. The van der Waals surface area contributed by atoms with E-state index in [4.69, 9.17) is 9.47 Å². The summed E-state index contributed by atoms with van der Waals surface area (Å²) in [7, 11) is 1.28. The fourth-order valence-corrected chi connectivity index (χ4v) is 2.13. The SMILES string of the molecule is COc1cc(/C=C/C(=O)OCCc2ccccc2)cc([N+](=O)[O-])c1O. The Morgan fingerprint density at radius 3 is 2.64 bits per heavy atom. The molecule has 0 aliphatic carbocycles. The van der Waals surface area contributed by atoms with Crippen molar-refractivity contribution in [2.24, 2.45) is 0 Å². The molecule has 25 heavy (non-hydrogen) atoms. The van der Waals surface area contributed by atoms with Crippen LogP contribution in [0.15, 0.2) is 48.5 Å². The van der Waals surface area contributed by atoms with E-state index in [-0.39, 0.29) is 12.4 Å². The Labute approximate surface area is 144 Å². The normalized spacial score (nSPS) is 10.6. The van der Waals surface area contributed by atoms with E-state index in [1.807, 2.05) is 30.3 Å². The minimum Gasteiger partial charge on any atom is -0.500 e. The summed E-state index contributed by atoms with van der Waals surface area (Å²) in [6, 6.07) is 12.1. The van der Waals surface area contributed by atoms with Gasteiger partial charge in [-0.05, 0) is 23.3 Å². The third-order valence-corrected chi connectivity index (χ3v) is 3.38. The van der Waals surface area contributed by atoms with Gasteiger partial charge in [-0.25, -0.2) is 4.79 Å². The van der Waals surface area contributed by atoms with E-state index >= 15 is 0 Å². The van der Waals surface area contributed by atoms with Crippen LogP contribution in [0, 0.1) is 10.1 Å². The first-order chi connectivity index (χ1) is 12.0. The lowest BCUT2D eigenvalue weighted by Gasteiger charge is -2.05. The van der Waals surface area contributed by atoms with E-state index in [0.29, 0.717) is 12.0 Å². The van der Waals surface area contributed by atoms with Crippen LogP contribution < -0.4 is 4.74 Å². The molecule has 0 aromatic heterocycles. The molecular formula is C18H17NO6. The molecule has 2 aromatic carbocycles. The maximum Gasteiger partial charge on any atom is 0.330 e. The highest BCUT2D eigenvalue weighted by atomic mass is 16.6. The standard InChI is InChI=1S/C18H17NO6/c1-24-16-12-14(11-15(18(16)21)19(22)23)7-8-17(20)25-10-9-13-5-3-2-4-6-13/h2-8,11-12,21H,9-10H2,1H3/b8-7+. The van der Waals surface area contributed by atoms with E-state index in [0.717, 1.165) is 11.6 Å². The highest BCUT2D eigenvalue weighted by molar-refractivity contribution is 5.87. The summed E-state index contributed by atoms with van der Waals surface area (Å²) in [6.45, 7) is 0.228. The van der Waals surface area contributed by atoms with Crippen LogP contribution in [0.25, 0.3) is 6.08 Å². The number of benzene rings is 2. The molecule has 0 amide bonds. The van der Waals surface area contributed by atoms with Crippen molar-refractivity contribution in [2.75, 3.05) is 13.7 Å². The lowest BCUT2D eigenvalue weighted by molar-refractivity contribution is -0.386. The van der Waals surface area contributed by atoms with Crippen molar-refractivity contribution in [3.63, 3.8) is 0 Å². The van der Waals surface area contributed by atoms with Gasteiger partial charge in [0.1, 0.15) is 0 Å². The molecule has 0 fully saturated rings. The van der Waals surface area contributed by atoms with Crippen molar-refractivity contribution in [1.82, 2.24) is 0 Å². The Bertz CT molecular complexity index is 786. The number of esters is 1. The van der Waals surface area contributed by atoms with Crippen molar-refractivity contribution < 1.29 is 24.3 Å². The van der Waals surface area contributed by atoms with E-state index < -0.39 is 22.3 Å². The average molecular weight is 343 g/mol. The van der Waals surface area contributed by atoms with Crippen LogP contribution in [0.4, 0.5) is 5.69 Å². The van der Waals surface area contributed by atoms with Gasteiger partial charge < -0.3 is 14.6 Å². The average Bonchev–Trinajstić information content (AvgIpc) is 2.61. The molecule has 1 N–H and O–H groups in total. The summed E-state index contributed by atoms with van der Waals surface area (Å²) >= 11 is 0. The molecular weight excluding hydrogens is 326 g/mol. The first-order valence-corrected chi connectivity index (χ1v) is 7.45. The molecule has 0 radical (unpaired) electrons. The fraction of sp³-hybridized carbons (Fsp3) is 0.167. The maximum absolute atomic E-state index is 11.7. The second-order valence-electron chi connectivity index (χ2n) is 5.08. The van der Waals surface area contributed by atoms with Gasteiger partial charge in [-0.15, -0.1) is 0 Å². The summed E-state index contributed by atoms with van der Waals surface area (Å²) in [5, 5.41) is 20.6. The van der Waals surface area contributed by atoms with Gasteiger partial charge in [0.25, 0.3) is 0 Å². The first kappa shape index (κ1) is 18.0. The molecule has 0 heterocycles. The fourth-order valence-electron chi connectivity index (χ4n) is 2.13. The number of carbonyl (C=O) groups is 1. The summed E-state index contributed by atoms with van der Waals surface area (Å²) in [5.41, 5.74) is 0.885. The minimum atomic E-state index is -0.729. The Morgan fingerprint density at radius 2 is 2.00 bits per heavy atom. The van der Waals surface area contributed by atoms with Crippen LogP contribution >= 0.6 is 0 Å². The zero-order valence-corrected chi connectivity index (χ0v) is 13.5. The van der Waals surface area contributed by atoms with Gasteiger partial charge in [-0.2, -0.15) is 0 Å². The van der Waals surface area contributed by atoms with Crippen molar-refractivity contribution in [3.05, 3.63) is 69.8 Å². The van der Waals surface area contributed by atoms with Gasteiger partial charge in [-0.3, -0.25) is 10.1 Å². The molecule has 7 nitrogen and oxygen atoms in total. The zero-order chi connectivity index (χ0) is 18.2. The van der Waals surface area contributed by atoms with Crippen molar-refractivity contribution in [3.8, 4) is 11.5 Å². The lowest BCUT2D eigenvalue weighted by Crippen LogP contribution is -2.04. The Hall–Kier alpha value is -3.35. The lowest BCUT2D eigenvalue weighted by atomic mass is 10.1. The van der Waals surface area contributed by atoms with E-state index in [1.165, 1.54) is 25.3 Å². The Kier molecular flexibility index (Phi) is 6.11. The van der Waals surface area contributed by atoms with E-state index in [1.54, 1.807) is 0 Å². The Balaban J connectivity index is 1.99. The smallest absolute Gasteiger partial charge is 0.330 e. The second-order valence-corrected chi connectivity index (χ2v) is 5.08. The molecule has 0 unspecified atom stereocenters. The topological polar surface area (TPSA) is 98.9 Å². The van der Waals surface area contributed by atoms with Gasteiger partial charge in [0.15, 0.2) is 5.75 Å². The van der Waals surface area contributed by atoms with Crippen molar-refractivity contribution in [2.45, 2.75) is 6.42 Å². The van der Waals surface area contributed by atoms with Crippen LogP contribution in [-0.4, -0.2) is 29.7 Å². The predicted molar refractivity (Wildman–Crippen MR) is 91.5 cm³/mol. The van der Waals surface area contributed by atoms with Gasteiger partial charge in [0.2, 0.25) is 5.75 Å². The molecule has 0 bridgehead atoms. The number of hydrogen-bond donors (Lipinski definition) is 1. The van der Waals surface area contributed by atoms with Crippen molar-refractivity contribution >= 4 is 17.7 Å². The summed E-state index contributed by atoms with van der Waals surface area (Å²) in [5.74, 6) is -1.17. The van der Waals surface area contributed by atoms with Gasteiger partial charge >= 0.3 is 11.7 Å². The molecule has 7 heteroatoms. The third-order valence-electron chi connectivity index (χ3n) is 3.38. The highest BCUT2D eigenvalue weighted by Gasteiger charge is 2.19. The van der Waals surface area contributed by atoms with E-state index in [9.17, 15) is 20.0 Å². The highest BCUT2D eigenvalue weighted by Crippen LogP contribution is 2.37. The molecule has 0 atom stereocenters.